The molecule has 0 radical (unpaired) electrons. The van der Waals surface area contributed by atoms with E-state index >= 15 is 0 Å². The number of aliphatic hydroxyl groups excluding tert-OH is 1. The van der Waals surface area contributed by atoms with Crippen molar-refractivity contribution in [2.45, 2.75) is 44.5 Å². The van der Waals surface area contributed by atoms with E-state index in [9.17, 15) is 5.11 Å². The Labute approximate surface area is 170 Å². The molecule has 0 amide bonds. The van der Waals surface area contributed by atoms with Gasteiger partial charge in [-0.15, -0.1) is 0 Å². The van der Waals surface area contributed by atoms with Crippen LogP contribution in [0.3, 0.4) is 0 Å². The molecule has 2 aliphatic heterocycles. The van der Waals surface area contributed by atoms with E-state index in [1.807, 2.05) is 6.07 Å². The lowest BCUT2D eigenvalue weighted by atomic mass is 9.98. The minimum atomic E-state index is 0.266. The predicted octanol–water partition coefficient (Wildman–Crippen LogP) is 1.80. The first-order valence-electron chi connectivity index (χ1n) is 10.6. The summed E-state index contributed by atoms with van der Waals surface area (Å²) < 4.78 is 10.8. The number of benzene rings is 1. The summed E-state index contributed by atoms with van der Waals surface area (Å²) in [7, 11) is 5.63. The van der Waals surface area contributed by atoms with Gasteiger partial charge in [0.15, 0.2) is 0 Å². The van der Waals surface area contributed by atoms with Crippen LogP contribution in [0.2, 0.25) is 0 Å². The van der Waals surface area contributed by atoms with Crippen molar-refractivity contribution in [3.05, 3.63) is 29.3 Å². The molecule has 1 aromatic carbocycles. The third-order valence-corrected chi connectivity index (χ3v) is 6.28. The number of piperazine rings is 1. The Hall–Kier alpha value is -1.18. The molecule has 0 spiro atoms. The minimum absolute atomic E-state index is 0.266. The summed E-state index contributed by atoms with van der Waals surface area (Å²) in [6.07, 6.45) is 3.36. The Morgan fingerprint density at radius 2 is 1.89 bits per heavy atom. The smallest absolute Gasteiger partial charge is 0.124 e. The summed E-state index contributed by atoms with van der Waals surface area (Å²) >= 11 is 0. The lowest BCUT2D eigenvalue weighted by molar-refractivity contribution is 0.00598. The maximum Gasteiger partial charge on any atom is 0.124 e. The maximum atomic E-state index is 9.62. The zero-order valence-electron chi connectivity index (χ0n) is 17.8. The molecule has 2 saturated heterocycles. The van der Waals surface area contributed by atoms with Crippen LogP contribution < -0.4 is 4.74 Å². The summed E-state index contributed by atoms with van der Waals surface area (Å²) in [5, 5.41) is 9.62. The molecule has 1 N–H and O–H groups in total. The van der Waals surface area contributed by atoms with Crippen molar-refractivity contribution in [2.75, 3.05) is 60.6 Å². The molecule has 0 aromatic heterocycles. The number of methoxy groups -OCH3 is 2. The second kappa shape index (κ2) is 10.6. The molecule has 2 heterocycles. The fourth-order valence-electron chi connectivity index (χ4n) is 4.75. The van der Waals surface area contributed by atoms with Crippen molar-refractivity contribution in [1.82, 2.24) is 14.7 Å². The molecule has 0 bridgehead atoms. The van der Waals surface area contributed by atoms with E-state index in [2.05, 4.69) is 33.9 Å². The molecule has 2 fully saturated rings. The molecule has 0 unspecified atom stereocenters. The first kappa shape index (κ1) is 21.5. The number of piperidine rings is 1. The Morgan fingerprint density at radius 3 is 2.57 bits per heavy atom. The highest BCUT2D eigenvalue weighted by molar-refractivity contribution is 5.37. The highest BCUT2D eigenvalue weighted by Gasteiger charge is 2.33. The Kier molecular flexibility index (Phi) is 8.11. The van der Waals surface area contributed by atoms with Crippen LogP contribution in [0.4, 0.5) is 0 Å². The van der Waals surface area contributed by atoms with Crippen LogP contribution >= 0.6 is 0 Å². The largest absolute Gasteiger partial charge is 0.496 e. The molecule has 6 heteroatoms. The summed E-state index contributed by atoms with van der Waals surface area (Å²) in [5.74, 6) is 0.885. The molecule has 3 rings (SSSR count). The minimum Gasteiger partial charge on any atom is -0.496 e. The lowest BCUT2D eigenvalue weighted by Crippen LogP contribution is -2.58. The Balaban J connectivity index is 1.63. The average Bonchev–Trinajstić information content (AvgIpc) is 2.70. The lowest BCUT2D eigenvalue weighted by Gasteiger charge is -2.47. The second-order valence-electron chi connectivity index (χ2n) is 8.25. The Bertz CT molecular complexity index is 605. The van der Waals surface area contributed by atoms with Gasteiger partial charge < -0.3 is 19.5 Å². The van der Waals surface area contributed by atoms with Crippen molar-refractivity contribution in [3.63, 3.8) is 0 Å². The molecule has 1 aromatic rings. The van der Waals surface area contributed by atoms with E-state index in [1.54, 1.807) is 14.2 Å². The van der Waals surface area contributed by atoms with Gasteiger partial charge in [0.2, 0.25) is 0 Å². The first-order valence-corrected chi connectivity index (χ1v) is 10.6. The molecule has 0 saturated carbocycles. The molecular weight excluding hydrogens is 354 g/mol. The number of aliphatic hydroxyl groups is 1. The van der Waals surface area contributed by atoms with Crippen LogP contribution in [0, 0.1) is 0 Å². The molecule has 1 atom stereocenters. The van der Waals surface area contributed by atoms with Crippen LogP contribution in [0.5, 0.6) is 5.75 Å². The van der Waals surface area contributed by atoms with Gasteiger partial charge in [-0.25, -0.2) is 0 Å². The molecule has 158 valence electrons. The molecule has 0 aliphatic carbocycles. The molecule has 6 nitrogen and oxygen atoms in total. The highest BCUT2D eigenvalue weighted by atomic mass is 16.5. The van der Waals surface area contributed by atoms with Gasteiger partial charge in [0.05, 0.1) is 13.7 Å². The highest BCUT2D eigenvalue weighted by Crippen LogP contribution is 2.25. The first-order chi connectivity index (χ1) is 13.6. The third-order valence-electron chi connectivity index (χ3n) is 6.28. The number of rotatable bonds is 8. The molecule has 28 heavy (non-hydrogen) atoms. The normalized spacial score (nSPS) is 23.2. The fourth-order valence-corrected chi connectivity index (χ4v) is 4.75. The maximum absolute atomic E-state index is 9.62. The number of likely N-dealkylation sites (tertiary alicyclic amines) is 1. The van der Waals surface area contributed by atoms with Gasteiger partial charge in [0, 0.05) is 57.5 Å². The van der Waals surface area contributed by atoms with Crippen molar-refractivity contribution in [3.8, 4) is 5.75 Å². The SMILES string of the molecule is COCc1cc(CN2CCN(C3CCN(C)CC3)[C@H](CCO)C2)ccc1OC. The van der Waals surface area contributed by atoms with Gasteiger partial charge in [-0.2, -0.15) is 0 Å². The van der Waals surface area contributed by atoms with E-state index in [0.29, 0.717) is 18.7 Å². The van der Waals surface area contributed by atoms with Crippen LogP contribution in [0.25, 0.3) is 0 Å². The molecular formula is C22H37N3O3. The third kappa shape index (κ3) is 5.45. The monoisotopic (exact) mass is 391 g/mol. The van der Waals surface area contributed by atoms with Gasteiger partial charge in [-0.05, 0) is 57.1 Å². The van der Waals surface area contributed by atoms with Crippen molar-refractivity contribution < 1.29 is 14.6 Å². The van der Waals surface area contributed by atoms with Crippen LogP contribution in [0.1, 0.15) is 30.4 Å². The zero-order valence-corrected chi connectivity index (χ0v) is 17.8. The topological polar surface area (TPSA) is 48.4 Å². The van der Waals surface area contributed by atoms with Gasteiger partial charge in [-0.1, -0.05) is 6.07 Å². The van der Waals surface area contributed by atoms with Crippen LogP contribution in [-0.4, -0.2) is 92.5 Å². The van der Waals surface area contributed by atoms with Crippen LogP contribution in [-0.2, 0) is 17.9 Å². The van der Waals surface area contributed by atoms with E-state index in [0.717, 1.165) is 43.9 Å². The quantitative estimate of drug-likeness (QED) is 0.729. The standard InChI is InChI=1S/C22H37N3O3/c1-23-9-6-20(7-10-23)25-12-11-24(16-21(25)8-13-26)15-18-4-5-22(28-3)19(14-18)17-27-2/h4-5,14,20-21,26H,6-13,15-17H2,1-3H3/t21-/m1/s1. The summed E-state index contributed by atoms with van der Waals surface area (Å²) in [4.78, 5) is 7.64. The van der Waals surface area contributed by atoms with E-state index < -0.39 is 0 Å². The van der Waals surface area contributed by atoms with Gasteiger partial charge >= 0.3 is 0 Å². The second-order valence-corrected chi connectivity index (χ2v) is 8.25. The Morgan fingerprint density at radius 1 is 1.11 bits per heavy atom. The fraction of sp³-hybridized carbons (Fsp3) is 0.727. The van der Waals surface area contributed by atoms with Gasteiger partial charge in [0.1, 0.15) is 5.75 Å². The zero-order chi connectivity index (χ0) is 19.9. The van der Waals surface area contributed by atoms with Crippen molar-refractivity contribution in [2.24, 2.45) is 0 Å². The number of nitrogens with zero attached hydrogens (tertiary/aromatic N) is 3. The van der Waals surface area contributed by atoms with E-state index in [1.165, 1.54) is 31.5 Å². The number of hydrogen-bond acceptors (Lipinski definition) is 6. The predicted molar refractivity (Wildman–Crippen MR) is 112 cm³/mol. The van der Waals surface area contributed by atoms with E-state index in [4.69, 9.17) is 9.47 Å². The van der Waals surface area contributed by atoms with Crippen molar-refractivity contribution in [1.29, 1.82) is 0 Å². The summed E-state index contributed by atoms with van der Waals surface area (Å²) in [5.41, 5.74) is 2.39. The number of ether oxygens (including phenoxy) is 2. The summed E-state index contributed by atoms with van der Waals surface area (Å²) in [6, 6.07) is 7.52. The molecule has 2 aliphatic rings. The summed E-state index contributed by atoms with van der Waals surface area (Å²) in [6.45, 7) is 7.34. The van der Waals surface area contributed by atoms with Gasteiger partial charge in [0.25, 0.3) is 0 Å². The van der Waals surface area contributed by atoms with Crippen LogP contribution in [0.15, 0.2) is 18.2 Å². The number of hydrogen-bond donors (Lipinski definition) is 1. The van der Waals surface area contributed by atoms with E-state index in [-0.39, 0.29) is 6.61 Å². The van der Waals surface area contributed by atoms with Gasteiger partial charge in [-0.3, -0.25) is 9.80 Å². The van der Waals surface area contributed by atoms with Crippen molar-refractivity contribution >= 4 is 0 Å². The average molecular weight is 392 g/mol.